The summed E-state index contributed by atoms with van der Waals surface area (Å²) in [6.07, 6.45) is 2.19. The van der Waals surface area contributed by atoms with Crippen molar-refractivity contribution in [2.45, 2.75) is 18.3 Å². The van der Waals surface area contributed by atoms with Crippen LogP contribution in [0.4, 0.5) is 0 Å². The predicted octanol–water partition coefficient (Wildman–Crippen LogP) is 4.87. The molecule has 0 N–H and O–H groups in total. The molecule has 0 atom stereocenters. The van der Waals surface area contributed by atoms with Crippen LogP contribution in [0.5, 0.6) is 0 Å². The first-order chi connectivity index (χ1) is 11.1. The van der Waals surface area contributed by atoms with Gasteiger partial charge in [0.2, 0.25) is 0 Å². The molecular formula is C18H15Cl2N3. The molecule has 0 unspecified atom stereocenters. The molecule has 0 aliphatic heterocycles. The Labute approximate surface area is 144 Å². The third-order valence-electron chi connectivity index (χ3n) is 4.55. The van der Waals surface area contributed by atoms with Crippen LogP contribution in [0.25, 0.3) is 11.4 Å². The fraction of sp³-hybridized carbons (Fsp3) is 0.222. The Morgan fingerprint density at radius 2 is 1.74 bits per heavy atom. The summed E-state index contributed by atoms with van der Waals surface area (Å²) in [7, 11) is 2.00. The van der Waals surface area contributed by atoms with Crippen molar-refractivity contribution in [3.05, 3.63) is 70.0 Å². The lowest BCUT2D eigenvalue weighted by atomic mass is 9.95. The molecule has 2 aromatic carbocycles. The number of nitrogens with zero attached hydrogens (tertiary/aromatic N) is 3. The Kier molecular flexibility index (Phi) is 3.43. The second-order valence-corrected chi connectivity index (χ2v) is 6.82. The monoisotopic (exact) mass is 343 g/mol. The third-order valence-corrected chi connectivity index (χ3v) is 5.10. The molecule has 4 rings (SSSR count). The highest BCUT2D eigenvalue weighted by molar-refractivity contribution is 6.36. The quantitative estimate of drug-likeness (QED) is 0.679. The molecule has 3 aromatic rings. The standard InChI is InChI=1S/C18H15Cl2N3/c1-23-16(14-8-7-13(19)11-15(14)20)21-22-17(23)18(9-10-18)12-5-3-2-4-6-12/h2-8,11H,9-10H2,1H3. The first-order valence-corrected chi connectivity index (χ1v) is 8.28. The van der Waals surface area contributed by atoms with Crippen LogP contribution in [-0.2, 0) is 12.5 Å². The summed E-state index contributed by atoms with van der Waals surface area (Å²) in [4.78, 5) is 0. The third kappa shape index (κ3) is 2.35. The van der Waals surface area contributed by atoms with Crippen LogP contribution in [-0.4, -0.2) is 14.8 Å². The fourth-order valence-corrected chi connectivity index (χ4v) is 3.67. The minimum Gasteiger partial charge on any atom is -0.313 e. The smallest absolute Gasteiger partial charge is 0.165 e. The molecule has 1 aromatic heterocycles. The second kappa shape index (κ2) is 5.36. The van der Waals surface area contributed by atoms with Crippen molar-refractivity contribution in [2.75, 3.05) is 0 Å². The molecule has 23 heavy (non-hydrogen) atoms. The molecule has 3 nitrogen and oxygen atoms in total. The van der Waals surface area contributed by atoms with Crippen molar-refractivity contribution in [3.63, 3.8) is 0 Å². The first kappa shape index (κ1) is 14.7. The maximum Gasteiger partial charge on any atom is 0.165 e. The second-order valence-electron chi connectivity index (χ2n) is 5.98. The predicted molar refractivity (Wildman–Crippen MR) is 92.9 cm³/mol. The molecule has 1 fully saturated rings. The number of hydrogen-bond donors (Lipinski definition) is 0. The summed E-state index contributed by atoms with van der Waals surface area (Å²) in [5, 5.41) is 10.1. The summed E-state index contributed by atoms with van der Waals surface area (Å²) >= 11 is 12.3. The number of hydrogen-bond acceptors (Lipinski definition) is 2. The van der Waals surface area contributed by atoms with E-state index in [-0.39, 0.29) is 5.41 Å². The van der Waals surface area contributed by atoms with Gasteiger partial charge in [0.1, 0.15) is 5.82 Å². The average Bonchev–Trinajstić information content (AvgIpc) is 3.27. The Hall–Kier alpha value is -1.84. The van der Waals surface area contributed by atoms with E-state index in [9.17, 15) is 0 Å². The summed E-state index contributed by atoms with van der Waals surface area (Å²) in [5.41, 5.74) is 2.13. The van der Waals surface area contributed by atoms with E-state index in [4.69, 9.17) is 23.2 Å². The Balaban J connectivity index is 1.80. The fourth-order valence-electron chi connectivity index (χ4n) is 3.17. The van der Waals surface area contributed by atoms with Gasteiger partial charge in [-0.2, -0.15) is 0 Å². The molecule has 1 heterocycles. The number of aromatic nitrogens is 3. The van der Waals surface area contributed by atoms with Gasteiger partial charge in [-0.1, -0.05) is 53.5 Å². The summed E-state index contributed by atoms with van der Waals surface area (Å²) in [6, 6.07) is 16.0. The molecule has 0 spiro atoms. The van der Waals surface area contributed by atoms with Crippen LogP contribution in [0, 0.1) is 0 Å². The van der Waals surface area contributed by atoms with Gasteiger partial charge in [0.15, 0.2) is 5.82 Å². The zero-order valence-electron chi connectivity index (χ0n) is 12.6. The molecule has 0 radical (unpaired) electrons. The van der Waals surface area contributed by atoms with Crippen LogP contribution in [0.15, 0.2) is 48.5 Å². The van der Waals surface area contributed by atoms with Gasteiger partial charge in [-0.05, 0) is 36.6 Å². The van der Waals surface area contributed by atoms with Crippen LogP contribution in [0.3, 0.4) is 0 Å². The van der Waals surface area contributed by atoms with Crippen molar-refractivity contribution < 1.29 is 0 Å². The van der Waals surface area contributed by atoms with E-state index >= 15 is 0 Å². The molecule has 0 bridgehead atoms. The summed E-state index contributed by atoms with van der Waals surface area (Å²) < 4.78 is 2.05. The summed E-state index contributed by atoms with van der Waals surface area (Å²) in [5.74, 6) is 1.76. The maximum absolute atomic E-state index is 6.33. The van der Waals surface area contributed by atoms with E-state index in [1.807, 2.05) is 25.2 Å². The number of rotatable bonds is 3. The summed E-state index contributed by atoms with van der Waals surface area (Å²) in [6.45, 7) is 0. The van der Waals surface area contributed by atoms with Crippen molar-refractivity contribution in [3.8, 4) is 11.4 Å². The van der Waals surface area contributed by atoms with E-state index in [1.54, 1.807) is 6.07 Å². The van der Waals surface area contributed by atoms with Crippen molar-refractivity contribution in [2.24, 2.45) is 7.05 Å². The topological polar surface area (TPSA) is 30.7 Å². The van der Waals surface area contributed by atoms with E-state index in [1.165, 1.54) is 5.56 Å². The molecule has 1 saturated carbocycles. The highest BCUT2D eigenvalue weighted by Gasteiger charge is 2.49. The lowest BCUT2D eigenvalue weighted by molar-refractivity contribution is 0.694. The van der Waals surface area contributed by atoms with Crippen molar-refractivity contribution in [1.29, 1.82) is 0 Å². The van der Waals surface area contributed by atoms with Gasteiger partial charge in [-0.25, -0.2) is 0 Å². The van der Waals surface area contributed by atoms with Gasteiger partial charge < -0.3 is 4.57 Å². The highest BCUT2D eigenvalue weighted by Crippen LogP contribution is 2.53. The molecule has 5 heteroatoms. The van der Waals surface area contributed by atoms with E-state index < -0.39 is 0 Å². The van der Waals surface area contributed by atoms with Crippen LogP contribution >= 0.6 is 23.2 Å². The van der Waals surface area contributed by atoms with Gasteiger partial charge >= 0.3 is 0 Å². The van der Waals surface area contributed by atoms with Crippen LogP contribution in [0.1, 0.15) is 24.2 Å². The minimum absolute atomic E-state index is 0.0137. The van der Waals surface area contributed by atoms with Gasteiger partial charge in [0, 0.05) is 17.6 Å². The average molecular weight is 344 g/mol. The highest BCUT2D eigenvalue weighted by atomic mass is 35.5. The number of benzene rings is 2. The van der Waals surface area contributed by atoms with Gasteiger partial charge in [-0.3, -0.25) is 0 Å². The van der Waals surface area contributed by atoms with Crippen molar-refractivity contribution >= 4 is 23.2 Å². The Bertz CT molecular complexity index is 867. The molecule has 1 aliphatic rings. The van der Waals surface area contributed by atoms with Crippen molar-refractivity contribution in [1.82, 2.24) is 14.8 Å². The maximum atomic E-state index is 6.33. The zero-order valence-corrected chi connectivity index (χ0v) is 14.1. The van der Waals surface area contributed by atoms with E-state index in [0.29, 0.717) is 10.0 Å². The van der Waals surface area contributed by atoms with Crippen LogP contribution < -0.4 is 0 Å². The Morgan fingerprint density at radius 3 is 2.39 bits per heavy atom. The Morgan fingerprint density at radius 1 is 1.00 bits per heavy atom. The van der Waals surface area contributed by atoms with Crippen LogP contribution in [0.2, 0.25) is 10.0 Å². The normalized spacial score (nSPS) is 15.6. The van der Waals surface area contributed by atoms with Gasteiger partial charge in [-0.15, -0.1) is 10.2 Å². The molecule has 0 amide bonds. The SMILES string of the molecule is Cn1c(-c2ccc(Cl)cc2Cl)nnc1C1(c2ccccc2)CC1. The molecule has 0 saturated heterocycles. The molecule has 116 valence electrons. The molecular weight excluding hydrogens is 329 g/mol. The minimum atomic E-state index is -0.0137. The molecule has 1 aliphatic carbocycles. The lowest BCUT2D eigenvalue weighted by Crippen LogP contribution is -2.15. The van der Waals surface area contributed by atoms with Gasteiger partial charge in [0.05, 0.1) is 10.4 Å². The first-order valence-electron chi connectivity index (χ1n) is 7.53. The largest absolute Gasteiger partial charge is 0.313 e. The van der Waals surface area contributed by atoms with E-state index in [2.05, 4.69) is 39.0 Å². The van der Waals surface area contributed by atoms with Gasteiger partial charge in [0.25, 0.3) is 0 Å². The zero-order chi connectivity index (χ0) is 16.0. The lowest BCUT2D eigenvalue weighted by Gasteiger charge is -2.15. The van der Waals surface area contributed by atoms with E-state index in [0.717, 1.165) is 30.1 Å². The number of halogens is 2.